The number of aliphatic hydroxyl groups excluding tert-OH is 2. The Morgan fingerprint density at radius 2 is 1.82 bits per heavy atom. The molecule has 33 heavy (non-hydrogen) atoms. The van der Waals surface area contributed by atoms with Crippen molar-refractivity contribution in [2.75, 3.05) is 0 Å². The summed E-state index contributed by atoms with van der Waals surface area (Å²) in [4.78, 5) is 37.2. The van der Waals surface area contributed by atoms with Crippen LogP contribution in [0.15, 0.2) is 29.0 Å². The van der Waals surface area contributed by atoms with Crippen LogP contribution in [0.25, 0.3) is 5.76 Å². The predicted molar refractivity (Wildman–Crippen MR) is 106 cm³/mol. The number of carbonyl (C=O) groups is 3. The molecule has 6 N–H and O–H groups in total. The summed E-state index contributed by atoms with van der Waals surface area (Å²) in [6.07, 6.45) is -5.45. The van der Waals surface area contributed by atoms with Gasteiger partial charge in [0.25, 0.3) is 5.91 Å². The Balaban J connectivity index is 1.93. The molecule has 0 aliphatic heterocycles. The molecule has 0 bridgehead atoms. The standard InChI is InChI=1S/C22H20F3NO7/c1-7(22(23,24)25)10-2-3-12(27)15-11(10)5-8-4-9-6-13(28)16(20(26)32)19(31)21(9,33)18(30)14(8)17(15)29/h2-3,7-9,27,29,31,33H,4-6H2,1H3,(H2,26,32)/t7?,8-,9+,21+/m1/s1. The van der Waals surface area contributed by atoms with Gasteiger partial charge in [-0.3, -0.25) is 14.4 Å². The summed E-state index contributed by atoms with van der Waals surface area (Å²) in [5, 5.41) is 42.8. The fraction of sp³-hybridized carbons (Fsp3) is 0.409. The normalized spacial score (nSPS) is 28.3. The maximum Gasteiger partial charge on any atom is 0.395 e. The van der Waals surface area contributed by atoms with Crippen molar-refractivity contribution in [3.63, 3.8) is 0 Å². The first-order valence-corrected chi connectivity index (χ1v) is 10.1. The van der Waals surface area contributed by atoms with E-state index in [0.29, 0.717) is 0 Å². The lowest BCUT2D eigenvalue weighted by molar-refractivity contribution is -0.148. The second-order valence-corrected chi connectivity index (χ2v) is 8.70. The third-order valence-corrected chi connectivity index (χ3v) is 6.94. The molecule has 8 nitrogen and oxygen atoms in total. The number of amides is 1. The molecule has 1 saturated carbocycles. The molecule has 3 aliphatic rings. The summed E-state index contributed by atoms with van der Waals surface area (Å²) in [6.45, 7) is 0.932. The lowest BCUT2D eigenvalue weighted by Gasteiger charge is -2.46. The molecule has 4 rings (SSSR count). The van der Waals surface area contributed by atoms with E-state index < -0.39 is 81.8 Å². The Morgan fingerprint density at radius 1 is 1.18 bits per heavy atom. The van der Waals surface area contributed by atoms with Gasteiger partial charge in [-0.25, -0.2) is 0 Å². The third-order valence-electron chi connectivity index (χ3n) is 6.94. The number of ketones is 2. The Bertz CT molecular complexity index is 1180. The van der Waals surface area contributed by atoms with E-state index in [1.807, 2.05) is 0 Å². The number of phenols is 1. The summed E-state index contributed by atoms with van der Waals surface area (Å²) < 4.78 is 40.3. The Labute approximate surface area is 184 Å². The number of hydrogen-bond acceptors (Lipinski definition) is 7. The predicted octanol–water partition coefficient (Wildman–Crippen LogP) is 2.09. The molecule has 0 spiro atoms. The number of aromatic hydroxyl groups is 1. The zero-order valence-electron chi connectivity index (χ0n) is 17.2. The number of phenolic OH excluding ortho intramolecular Hbond substituents is 1. The van der Waals surface area contributed by atoms with Gasteiger partial charge in [0.2, 0.25) is 5.78 Å². The quantitative estimate of drug-likeness (QED) is 0.417. The van der Waals surface area contributed by atoms with Crippen LogP contribution in [0.3, 0.4) is 0 Å². The molecule has 1 fully saturated rings. The summed E-state index contributed by atoms with van der Waals surface area (Å²) in [5.74, 6) is -10.0. The minimum atomic E-state index is -4.61. The van der Waals surface area contributed by atoms with Crippen LogP contribution in [0, 0.1) is 11.8 Å². The highest BCUT2D eigenvalue weighted by atomic mass is 19.4. The van der Waals surface area contributed by atoms with Crippen LogP contribution in [-0.2, 0) is 20.8 Å². The second-order valence-electron chi connectivity index (χ2n) is 8.70. The topological polar surface area (TPSA) is 158 Å². The van der Waals surface area contributed by atoms with Gasteiger partial charge in [0.05, 0.1) is 11.5 Å². The van der Waals surface area contributed by atoms with Crippen LogP contribution in [0.5, 0.6) is 5.75 Å². The van der Waals surface area contributed by atoms with Crippen molar-refractivity contribution >= 4 is 23.2 Å². The van der Waals surface area contributed by atoms with Crippen molar-refractivity contribution in [3.8, 4) is 5.75 Å². The van der Waals surface area contributed by atoms with E-state index in [4.69, 9.17) is 5.73 Å². The third kappa shape index (κ3) is 3.05. The van der Waals surface area contributed by atoms with Gasteiger partial charge in [-0.15, -0.1) is 0 Å². The van der Waals surface area contributed by atoms with Gasteiger partial charge >= 0.3 is 6.18 Å². The number of nitrogens with two attached hydrogens (primary N) is 1. The monoisotopic (exact) mass is 467 g/mol. The average molecular weight is 467 g/mol. The van der Waals surface area contributed by atoms with E-state index in [-0.39, 0.29) is 29.5 Å². The summed E-state index contributed by atoms with van der Waals surface area (Å²) in [5.41, 5.74) is 0.521. The van der Waals surface area contributed by atoms with E-state index in [9.17, 15) is 48.0 Å². The molecule has 1 amide bonds. The van der Waals surface area contributed by atoms with Crippen LogP contribution in [0.4, 0.5) is 13.2 Å². The van der Waals surface area contributed by atoms with Crippen LogP contribution in [-0.4, -0.2) is 49.7 Å². The summed E-state index contributed by atoms with van der Waals surface area (Å²) in [6, 6.07) is 2.07. The SMILES string of the molecule is CC(c1ccc(O)c2c1C[C@H]1C[C@H]3CC(=O)C(C(N)=O)=C(O)[C@@]3(O)C(=O)C1=C2O)C(F)(F)F. The van der Waals surface area contributed by atoms with Gasteiger partial charge in [0.1, 0.15) is 22.8 Å². The smallest absolute Gasteiger partial charge is 0.395 e. The molecule has 0 heterocycles. The largest absolute Gasteiger partial charge is 0.508 e. The van der Waals surface area contributed by atoms with Crippen LogP contribution in [0.2, 0.25) is 0 Å². The Kier molecular flexibility index (Phi) is 4.90. The Morgan fingerprint density at radius 3 is 2.39 bits per heavy atom. The highest BCUT2D eigenvalue weighted by Gasteiger charge is 2.60. The first-order valence-electron chi connectivity index (χ1n) is 10.1. The second kappa shape index (κ2) is 7.08. The number of primary amides is 1. The van der Waals surface area contributed by atoms with Crippen molar-refractivity contribution < 1.29 is 48.0 Å². The van der Waals surface area contributed by atoms with Crippen molar-refractivity contribution in [2.45, 2.75) is 43.9 Å². The molecule has 1 aromatic rings. The van der Waals surface area contributed by atoms with Crippen molar-refractivity contribution in [1.82, 2.24) is 0 Å². The summed E-state index contributed by atoms with van der Waals surface area (Å²) >= 11 is 0. The Hall–Kier alpha value is -3.34. The zero-order chi connectivity index (χ0) is 24.6. The minimum Gasteiger partial charge on any atom is -0.508 e. The van der Waals surface area contributed by atoms with E-state index in [0.717, 1.165) is 19.1 Å². The van der Waals surface area contributed by atoms with Crippen molar-refractivity contribution in [3.05, 3.63) is 45.7 Å². The van der Waals surface area contributed by atoms with E-state index in [2.05, 4.69) is 0 Å². The lowest BCUT2D eigenvalue weighted by atomic mass is 9.59. The number of benzene rings is 1. The first kappa shape index (κ1) is 22.8. The van der Waals surface area contributed by atoms with Crippen LogP contribution in [0.1, 0.15) is 42.4 Å². The van der Waals surface area contributed by atoms with Gasteiger partial charge in [-0.2, -0.15) is 13.2 Å². The summed E-state index contributed by atoms with van der Waals surface area (Å²) in [7, 11) is 0. The minimum absolute atomic E-state index is 0.00374. The van der Waals surface area contributed by atoms with Gasteiger partial charge in [-0.05, 0) is 42.9 Å². The van der Waals surface area contributed by atoms with Gasteiger partial charge < -0.3 is 26.2 Å². The highest BCUT2D eigenvalue weighted by molar-refractivity contribution is 6.22. The van der Waals surface area contributed by atoms with Gasteiger partial charge in [0.15, 0.2) is 11.4 Å². The molecule has 0 radical (unpaired) electrons. The maximum atomic E-state index is 13.4. The van der Waals surface area contributed by atoms with Crippen molar-refractivity contribution in [1.29, 1.82) is 0 Å². The number of halogens is 3. The molecule has 11 heteroatoms. The maximum absolute atomic E-state index is 13.4. The van der Waals surface area contributed by atoms with E-state index in [1.54, 1.807) is 0 Å². The number of rotatable bonds is 2. The molecule has 1 aromatic carbocycles. The van der Waals surface area contributed by atoms with E-state index >= 15 is 0 Å². The number of aliphatic hydroxyl groups is 3. The molecule has 0 saturated heterocycles. The van der Waals surface area contributed by atoms with Crippen molar-refractivity contribution in [2.24, 2.45) is 17.6 Å². The highest BCUT2D eigenvalue weighted by Crippen LogP contribution is 2.53. The zero-order valence-corrected chi connectivity index (χ0v) is 17.2. The molecule has 0 aromatic heterocycles. The molecule has 3 aliphatic carbocycles. The number of Topliss-reactive ketones (excluding diaryl/α,β-unsaturated/α-hetero) is 2. The molecular formula is C22H20F3NO7. The molecule has 4 atom stereocenters. The lowest BCUT2D eigenvalue weighted by Crippen LogP contribution is -2.58. The number of fused-ring (bicyclic) bond motifs is 3. The molecule has 176 valence electrons. The van der Waals surface area contributed by atoms with E-state index in [1.165, 1.54) is 0 Å². The van der Waals surface area contributed by atoms with Crippen LogP contribution >= 0.6 is 0 Å². The number of carbonyl (C=O) groups excluding carboxylic acids is 3. The fourth-order valence-electron chi connectivity index (χ4n) is 5.23. The number of hydrogen-bond donors (Lipinski definition) is 5. The fourth-order valence-corrected chi connectivity index (χ4v) is 5.23. The van der Waals surface area contributed by atoms with Crippen LogP contribution < -0.4 is 5.73 Å². The first-order chi connectivity index (χ1) is 15.2. The number of alkyl halides is 3. The van der Waals surface area contributed by atoms with Gasteiger partial charge in [-0.1, -0.05) is 6.07 Å². The van der Waals surface area contributed by atoms with Gasteiger partial charge in [0, 0.05) is 17.9 Å². The average Bonchev–Trinajstić information content (AvgIpc) is 2.69. The molecular weight excluding hydrogens is 447 g/mol. The molecule has 1 unspecified atom stereocenters.